The molecule has 0 saturated carbocycles. The third kappa shape index (κ3) is 2.27. The first-order valence-corrected chi connectivity index (χ1v) is 5.42. The fourth-order valence-corrected chi connectivity index (χ4v) is 1.57. The van der Waals surface area contributed by atoms with Crippen molar-refractivity contribution >= 4 is 11.6 Å². The molecule has 17 heavy (non-hydrogen) atoms. The van der Waals surface area contributed by atoms with Crippen LogP contribution in [0.5, 0.6) is 0 Å². The first-order valence-electron chi connectivity index (χ1n) is 5.04. The van der Waals surface area contributed by atoms with Crippen molar-refractivity contribution in [3.05, 3.63) is 34.9 Å². The lowest BCUT2D eigenvalue weighted by Gasteiger charge is -2.10. The maximum absolute atomic E-state index is 13.1. The molecule has 0 bridgehead atoms. The van der Waals surface area contributed by atoms with Gasteiger partial charge >= 0.3 is 0 Å². The predicted octanol–water partition coefficient (Wildman–Crippen LogP) is 1.74. The first kappa shape index (κ1) is 11.9. The molecule has 5 nitrogen and oxygen atoms in total. The Bertz CT molecular complexity index is 527. The Morgan fingerprint density at radius 3 is 2.88 bits per heavy atom. The van der Waals surface area contributed by atoms with E-state index in [0.717, 1.165) is 0 Å². The van der Waals surface area contributed by atoms with Crippen LogP contribution in [-0.2, 0) is 0 Å². The van der Waals surface area contributed by atoms with E-state index in [-0.39, 0.29) is 11.1 Å². The number of benzene rings is 1. The molecule has 1 atom stereocenters. The summed E-state index contributed by atoms with van der Waals surface area (Å²) in [6.45, 7) is 1.92. The topological polar surface area (TPSA) is 55.6 Å². The van der Waals surface area contributed by atoms with E-state index in [1.807, 2.05) is 6.92 Å². The van der Waals surface area contributed by atoms with Gasteiger partial charge in [0.25, 0.3) is 0 Å². The summed E-state index contributed by atoms with van der Waals surface area (Å²) in [5.41, 5.74) is 0.624. The summed E-state index contributed by atoms with van der Waals surface area (Å²) in [5.74, 6) is 0.168. The lowest BCUT2D eigenvalue weighted by molar-refractivity contribution is 0.587. The van der Waals surface area contributed by atoms with Gasteiger partial charge < -0.3 is 5.32 Å². The zero-order valence-corrected chi connectivity index (χ0v) is 10.1. The van der Waals surface area contributed by atoms with Gasteiger partial charge in [0, 0.05) is 0 Å². The molecule has 0 aliphatic rings. The molecule has 90 valence electrons. The average molecular weight is 256 g/mol. The summed E-state index contributed by atoms with van der Waals surface area (Å²) < 4.78 is 14.6. The largest absolute Gasteiger partial charge is 0.311 e. The van der Waals surface area contributed by atoms with Gasteiger partial charge in [-0.3, -0.25) is 0 Å². The fraction of sp³-hybridized carbons (Fsp3) is 0.300. The Labute approximate surface area is 103 Å². The Kier molecular flexibility index (Phi) is 3.35. The van der Waals surface area contributed by atoms with Gasteiger partial charge in [-0.15, -0.1) is 5.10 Å². The smallest absolute Gasteiger partial charge is 0.173 e. The van der Waals surface area contributed by atoms with Crippen molar-refractivity contribution in [1.29, 1.82) is 0 Å². The predicted molar refractivity (Wildman–Crippen MR) is 61.6 cm³/mol. The van der Waals surface area contributed by atoms with E-state index in [2.05, 4.69) is 20.8 Å². The number of hydrogen-bond donors (Lipinski definition) is 1. The molecule has 0 fully saturated rings. The minimum atomic E-state index is -0.466. The van der Waals surface area contributed by atoms with Gasteiger partial charge in [-0.2, -0.15) is 4.68 Å². The number of tetrazole rings is 1. The minimum absolute atomic E-state index is 0.0196. The second kappa shape index (κ2) is 4.77. The summed E-state index contributed by atoms with van der Waals surface area (Å²) in [6.07, 6.45) is 0. The van der Waals surface area contributed by atoms with Crippen molar-refractivity contribution in [2.24, 2.45) is 0 Å². The lowest BCUT2D eigenvalue weighted by atomic mass is 10.3. The summed E-state index contributed by atoms with van der Waals surface area (Å²) in [6, 6.07) is 4.32. The molecule has 2 rings (SSSR count). The van der Waals surface area contributed by atoms with Crippen molar-refractivity contribution in [2.45, 2.75) is 13.0 Å². The summed E-state index contributed by atoms with van der Waals surface area (Å²) in [4.78, 5) is 0. The number of nitrogens with one attached hydrogen (secondary N) is 1. The third-order valence-corrected chi connectivity index (χ3v) is 2.75. The average Bonchev–Trinajstić information content (AvgIpc) is 2.80. The van der Waals surface area contributed by atoms with E-state index in [9.17, 15) is 4.39 Å². The number of rotatable bonds is 3. The van der Waals surface area contributed by atoms with Crippen LogP contribution in [0.3, 0.4) is 0 Å². The van der Waals surface area contributed by atoms with Gasteiger partial charge in [0.1, 0.15) is 5.82 Å². The number of hydrogen-bond acceptors (Lipinski definition) is 4. The van der Waals surface area contributed by atoms with Gasteiger partial charge in [0.2, 0.25) is 0 Å². The van der Waals surface area contributed by atoms with E-state index in [0.29, 0.717) is 11.5 Å². The molecular formula is C10H11ClFN5. The molecule has 0 amide bonds. The lowest BCUT2D eigenvalue weighted by Crippen LogP contribution is -2.17. The minimum Gasteiger partial charge on any atom is -0.311 e. The summed E-state index contributed by atoms with van der Waals surface area (Å²) in [5, 5.41) is 14.5. The van der Waals surface area contributed by atoms with Crippen LogP contribution in [0.15, 0.2) is 18.2 Å². The van der Waals surface area contributed by atoms with Gasteiger partial charge in [-0.25, -0.2) is 4.39 Å². The highest BCUT2D eigenvalue weighted by Crippen LogP contribution is 2.20. The standard InChI is InChI=1S/C10H11ClFN5/c1-6(13-2)10-14-15-16-17(10)7-3-4-9(12)8(11)5-7/h3-6,13H,1-2H3. The molecule has 0 spiro atoms. The molecule has 0 aliphatic carbocycles. The first-order chi connectivity index (χ1) is 8.13. The van der Waals surface area contributed by atoms with Crippen LogP contribution < -0.4 is 5.32 Å². The molecule has 0 radical (unpaired) electrons. The zero-order valence-electron chi connectivity index (χ0n) is 9.35. The van der Waals surface area contributed by atoms with Gasteiger partial charge in [0.15, 0.2) is 5.82 Å². The second-order valence-corrected chi connectivity index (χ2v) is 3.96. The van der Waals surface area contributed by atoms with Gasteiger partial charge in [-0.05, 0) is 42.6 Å². The van der Waals surface area contributed by atoms with Crippen LogP contribution >= 0.6 is 11.6 Å². The van der Waals surface area contributed by atoms with E-state index >= 15 is 0 Å². The summed E-state index contributed by atoms with van der Waals surface area (Å²) >= 11 is 5.72. The third-order valence-electron chi connectivity index (χ3n) is 2.46. The normalized spacial score (nSPS) is 12.7. The highest BCUT2D eigenvalue weighted by atomic mass is 35.5. The van der Waals surface area contributed by atoms with Gasteiger partial charge in [-0.1, -0.05) is 11.6 Å². The maximum atomic E-state index is 13.1. The van der Waals surface area contributed by atoms with Crippen LogP contribution in [0, 0.1) is 5.82 Å². The fourth-order valence-electron chi connectivity index (χ4n) is 1.39. The van der Waals surface area contributed by atoms with E-state index in [4.69, 9.17) is 11.6 Å². The quantitative estimate of drug-likeness (QED) is 0.908. The maximum Gasteiger partial charge on any atom is 0.173 e. The molecule has 1 aromatic carbocycles. The Morgan fingerprint density at radius 1 is 1.47 bits per heavy atom. The molecule has 0 aliphatic heterocycles. The molecule has 0 saturated heterocycles. The summed E-state index contributed by atoms with van der Waals surface area (Å²) in [7, 11) is 1.81. The van der Waals surface area contributed by atoms with Crippen LogP contribution in [0.25, 0.3) is 5.69 Å². The molecule has 7 heteroatoms. The zero-order chi connectivity index (χ0) is 12.4. The monoisotopic (exact) mass is 255 g/mol. The SMILES string of the molecule is CNC(C)c1nnnn1-c1ccc(F)c(Cl)c1. The molecular weight excluding hydrogens is 245 g/mol. The van der Waals surface area contributed by atoms with E-state index < -0.39 is 5.82 Å². The molecule has 1 unspecified atom stereocenters. The highest BCUT2D eigenvalue weighted by Gasteiger charge is 2.14. The van der Waals surface area contributed by atoms with E-state index in [1.165, 1.54) is 16.8 Å². The van der Waals surface area contributed by atoms with Crippen LogP contribution in [-0.4, -0.2) is 27.3 Å². The van der Waals surface area contributed by atoms with Crippen molar-refractivity contribution in [2.75, 3.05) is 7.05 Å². The van der Waals surface area contributed by atoms with Crippen molar-refractivity contribution in [3.8, 4) is 5.69 Å². The van der Waals surface area contributed by atoms with E-state index in [1.54, 1.807) is 13.1 Å². The van der Waals surface area contributed by atoms with Crippen molar-refractivity contribution in [1.82, 2.24) is 25.5 Å². The Hall–Kier alpha value is -1.53. The Morgan fingerprint density at radius 2 is 2.24 bits per heavy atom. The molecule has 2 aromatic rings. The van der Waals surface area contributed by atoms with Gasteiger partial charge in [0.05, 0.1) is 16.8 Å². The number of halogens is 2. The van der Waals surface area contributed by atoms with Crippen molar-refractivity contribution < 1.29 is 4.39 Å². The molecule has 1 aromatic heterocycles. The van der Waals surface area contributed by atoms with Crippen LogP contribution in [0.1, 0.15) is 18.8 Å². The molecule has 1 N–H and O–H groups in total. The second-order valence-electron chi connectivity index (χ2n) is 3.56. The highest BCUT2D eigenvalue weighted by molar-refractivity contribution is 6.30. The van der Waals surface area contributed by atoms with Crippen molar-refractivity contribution in [3.63, 3.8) is 0 Å². The number of nitrogens with zero attached hydrogens (tertiary/aromatic N) is 4. The molecule has 1 heterocycles. The Balaban J connectivity index is 2.46. The van der Waals surface area contributed by atoms with Crippen LogP contribution in [0.2, 0.25) is 5.02 Å². The van der Waals surface area contributed by atoms with Crippen LogP contribution in [0.4, 0.5) is 4.39 Å². The number of aromatic nitrogens is 4.